The zero-order valence-corrected chi connectivity index (χ0v) is 26.0. The predicted molar refractivity (Wildman–Crippen MR) is 161 cm³/mol. The molecule has 0 saturated heterocycles. The molecule has 0 fully saturated rings. The van der Waals surface area contributed by atoms with E-state index in [1.165, 1.54) is 30.2 Å². The van der Waals surface area contributed by atoms with Crippen LogP contribution in [0.25, 0.3) is 0 Å². The summed E-state index contributed by atoms with van der Waals surface area (Å²) in [5.74, 6) is -0.679. The van der Waals surface area contributed by atoms with Crippen LogP contribution in [0.4, 0.5) is 5.69 Å². The highest BCUT2D eigenvalue weighted by Crippen LogP contribution is 2.35. The van der Waals surface area contributed by atoms with Crippen LogP contribution in [0.5, 0.6) is 5.75 Å². The van der Waals surface area contributed by atoms with Gasteiger partial charge in [-0.25, -0.2) is 8.42 Å². The zero-order valence-electron chi connectivity index (χ0n) is 22.9. The van der Waals surface area contributed by atoms with Gasteiger partial charge < -0.3 is 15.0 Å². The average molecular weight is 651 g/mol. The number of benzene rings is 3. The molecule has 40 heavy (non-hydrogen) atoms. The van der Waals surface area contributed by atoms with Gasteiger partial charge in [0.05, 0.1) is 17.7 Å². The van der Waals surface area contributed by atoms with Crippen LogP contribution in [0.15, 0.2) is 76.1 Å². The topological polar surface area (TPSA) is 96.0 Å². The number of aryl methyl sites for hydroxylation is 1. The molecule has 0 spiro atoms. The summed E-state index contributed by atoms with van der Waals surface area (Å²) in [7, 11) is -2.84. The van der Waals surface area contributed by atoms with E-state index in [9.17, 15) is 18.0 Å². The lowest BCUT2D eigenvalue weighted by Crippen LogP contribution is -2.51. The molecule has 2 amide bonds. The Kier molecular flexibility index (Phi) is 11.0. The van der Waals surface area contributed by atoms with E-state index < -0.39 is 28.5 Å². The number of amides is 2. The van der Waals surface area contributed by atoms with Crippen molar-refractivity contribution in [3.8, 4) is 5.75 Å². The average Bonchev–Trinajstić information content (AvgIpc) is 2.93. The number of hydrogen-bond donors (Lipinski definition) is 1. The number of sulfonamides is 1. The first-order valence-corrected chi connectivity index (χ1v) is 15.3. The Morgan fingerprint density at radius 1 is 1.05 bits per heavy atom. The fourth-order valence-corrected chi connectivity index (χ4v) is 5.82. The summed E-state index contributed by atoms with van der Waals surface area (Å²) < 4.78 is 35.3. The predicted octanol–water partition coefficient (Wildman–Crippen LogP) is 5.56. The normalized spacial score (nSPS) is 11.9. The minimum Gasteiger partial charge on any atom is -0.495 e. The second kappa shape index (κ2) is 14.0. The molecule has 1 unspecified atom stereocenters. The van der Waals surface area contributed by atoms with Crippen molar-refractivity contribution in [2.24, 2.45) is 0 Å². The highest BCUT2D eigenvalue weighted by Gasteiger charge is 2.34. The number of carbonyl (C=O) groups excluding carboxylic acids is 2. The first kappa shape index (κ1) is 31.4. The van der Waals surface area contributed by atoms with E-state index in [2.05, 4.69) is 21.2 Å². The Balaban J connectivity index is 2.08. The number of nitrogens with one attached hydrogen (secondary N) is 1. The number of rotatable bonds is 12. The van der Waals surface area contributed by atoms with Gasteiger partial charge in [0, 0.05) is 22.6 Å². The molecule has 0 bridgehead atoms. The number of nitrogens with zero attached hydrogens (tertiary/aromatic N) is 2. The van der Waals surface area contributed by atoms with E-state index in [-0.39, 0.29) is 33.8 Å². The van der Waals surface area contributed by atoms with E-state index in [1.54, 1.807) is 31.2 Å². The molecular weight excluding hydrogens is 618 g/mol. The highest BCUT2D eigenvalue weighted by atomic mass is 79.9. The molecule has 0 saturated carbocycles. The molecule has 0 aliphatic rings. The van der Waals surface area contributed by atoms with Crippen molar-refractivity contribution in [3.63, 3.8) is 0 Å². The third kappa shape index (κ3) is 7.77. The third-order valence-corrected chi connectivity index (χ3v) is 8.82. The van der Waals surface area contributed by atoms with Gasteiger partial charge in [-0.05, 0) is 68.3 Å². The second-order valence-electron chi connectivity index (χ2n) is 9.26. The van der Waals surface area contributed by atoms with Crippen LogP contribution in [0.2, 0.25) is 5.02 Å². The molecule has 0 aromatic heterocycles. The quantitative estimate of drug-likeness (QED) is 0.277. The fraction of sp³-hybridized carbons (Fsp3) is 0.310. The molecule has 1 atom stereocenters. The van der Waals surface area contributed by atoms with Crippen LogP contribution >= 0.6 is 27.5 Å². The van der Waals surface area contributed by atoms with Crippen molar-refractivity contribution in [1.82, 2.24) is 10.2 Å². The van der Waals surface area contributed by atoms with Crippen molar-refractivity contribution in [2.45, 2.75) is 44.7 Å². The molecule has 0 radical (unpaired) electrons. The molecule has 3 aromatic carbocycles. The molecule has 8 nitrogen and oxygen atoms in total. The molecule has 3 aromatic rings. The smallest absolute Gasteiger partial charge is 0.264 e. The summed E-state index contributed by atoms with van der Waals surface area (Å²) in [6, 6.07) is 17.4. The Morgan fingerprint density at radius 2 is 1.70 bits per heavy atom. The van der Waals surface area contributed by atoms with Gasteiger partial charge in [-0.3, -0.25) is 13.9 Å². The molecule has 1 N–H and O–H groups in total. The van der Waals surface area contributed by atoms with Gasteiger partial charge in [0.1, 0.15) is 18.3 Å². The minimum absolute atomic E-state index is 0.00104. The molecule has 0 aliphatic carbocycles. The van der Waals surface area contributed by atoms with E-state index in [0.717, 1.165) is 26.3 Å². The van der Waals surface area contributed by atoms with Gasteiger partial charge in [-0.1, -0.05) is 64.3 Å². The number of hydrogen-bond acceptors (Lipinski definition) is 5. The van der Waals surface area contributed by atoms with Crippen LogP contribution in [0.3, 0.4) is 0 Å². The van der Waals surface area contributed by atoms with Gasteiger partial charge in [0.15, 0.2) is 0 Å². The minimum atomic E-state index is -4.25. The third-order valence-electron chi connectivity index (χ3n) is 6.28. The van der Waals surface area contributed by atoms with E-state index >= 15 is 0 Å². The Hall–Kier alpha value is -3.08. The summed E-state index contributed by atoms with van der Waals surface area (Å²) in [6.07, 6.45) is 0.732. The van der Waals surface area contributed by atoms with Crippen LogP contribution in [0.1, 0.15) is 31.4 Å². The van der Waals surface area contributed by atoms with Crippen molar-refractivity contribution < 1.29 is 22.7 Å². The zero-order chi connectivity index (χ0) is 29.4. The maximum absolute atomic E-state index is 14.0. The molecule has 11 heteroatoms. The van der Waals surface area contributed by atoms with E-state index in [4.69, 9.17) is 16.3 Å². The molecule has 0 heterocycles. The van der Waals surface area contributed by atoms with Gasteiger partial charge in [-0.2, -0.15) is 0 Å². The van der Waals surface area contributed by atoms with Gasteiger partial charge in [0.25, 0.3) is 10.0 Å². The summed E-state index contributed by atoms with van der Waals surface area (Å²) in [5.41, 5.74) is 1.77. The van der Waals surface area contributed by atoms with Gasteiger partial charge in [-0.15, -0.1) is 0 Å². The number of halogens is 2. The lowest BCUT2D eigenvalue weighted by molar-refractivity contribution is -0.139. The van der Waals surface area contributed by atoms with Crippen molar-refractivity contribution >= 4 is 55.1 Å². The lowest BCUT2D eigenvalue weighted by Gasteiger charge is -2.32. The summed E-state index contributed by atoms with van der Waals surface area (Å²) in [4.78, 5) is 28.3. The molecule has 3 rings (SSSR count). The van der Waals surface area contributed by atoms with Crippen LogP contribution in [0, 0.1) is 6.92 Å². The molecule has 0 aliphatic heterocycles. The van der Waals surface area contributed by atoms with Gasteiger partial charge >= 0.3 is 0 Å². The lowest BCUT2D eigenvalue weighted by atomic mass is 10.1. The summed E-state index contributed by atoms with van der Waals surface area (Å²) in [5, 5.41) is 3.09. The molecular formula is C29H33BrClN3O5S. The number of ether oxygens (including phenoxy) is 1. The summed E-state index contributed by atoms with van der Waals surface area (Å²) >= 11 is 9.67. The second-order valence-corrected chi connectivity index (χ2v) is 12.5. The van der Waals surface area contributed by atoms with E-state index in [1.807, 2.05) is 38.1 Å². The maximum Gasteiger partial charge on any atom is 0.264 e. The van der Waals surface area contributed by atoms with Crippen LogP contribution in [-0.2, 0) is 26.2 Å². The largest absolute Gasteiger partial charge is 0.495 e. The number of anilines is 1. The molecule has 214 valence electrons. The Bertz CT molecular complexity index is 1430. The SMILES string of the molecule is CCCNC(=O)C(C)N(Cc1ccc(Br)cc1)C(=O)CN(c1cc(Cl)ccc1OC)S(=O)(=O)c1ccc(C)cc1. The Morgan fingerprint density at radius 3 is 2.30 bits per heavy atom. The highest BCUT2D eigenvalue weighted by molar-refractivity contribution is 9.10. The van der Waals surface area contributed by atoms with E-state index in [0.29, 0.717) is 6.54 Å². The standard InChI is InChI=1S/C29H33BrClN3O5S/c1-5-16-32-29(36)21(3)33(18-22-8-10-23(30)11-9-22)28(35)19-34(26-17-24(31)12-15-27(26)39-4)40(37,38)25-13-6-20(2)7-14-25/h6-15,17,21H,5,16,18-19H2,1-4H3,(H,32,36). The number of methoxy groups -OCH3 is 1. The van der Waals surface area contributed by atoms with Crippen molar-refractivity contribution in [1.29, 1.82) is 0 Å². The van der Waals surface area contributed by atoms with Crippen molar-refractivity contribution in [2.75, 3.05) is 24.5 Å². The maximum atomic E-state index is 14.0. The van der Waals surface area contributed by atoms with Crippen LogP contribution in [-0.4, -0.2) is 51.4 Å². The van der Waals surface area contributed by atoms with Crippen molar-refractivity contribution in [3.05, 3.63) is 87.4 Å². The monoisotopic (exact) mass is 649 g/mol. The fourth-order valence-electron chi connectivity index (χ4n) is 3.97. The Labute approximate surface area is 249 Å². The first-order chi connectivity index (χ1) is 19.0. The number of carbonyl (C=O) groups is 2. The van der Waals surface area contributed by atoms with Crippen LogP contribution < -0.4 is 14.4 Å². The van der Waals surface area contributed by atoms with Gasteiger partial charge in [0.2, 0.25) is 11.8 Å². The first-order valence-electron chi connectivity index (χ1n) is 12.7. The summed E-state index contributed by atoms with van der Waals surface area (Å²) in [6.45, 7) is 5.37.